The predicted octanol–water partition coefficient (Wildman–Crippen LogP) is 0.752. The molecule has 0 atom stereocenters. The summed E-state index contributed by atoms with van der Waals surface area (Å²) in [4.78, 5) is 8.89. The largest absolute Gasteiger partial charge is 0.744 e. The van der Waals surface area contributed by atoms with E-state index in [9.17, 15) is 36.0 Å². The van der Waals surface area contributed by atoms with Gasteiger partial charge < -0.3 is 14.2 Å². The van der Waals surface area contributed by atoms with Crippen molar-refractivity contribution in [2.45, 2.75) is 9.79 Å². The molecule has 0 unspecified atom stereocenters. The van der Waals surface area contributed by atoms with Gasteiger partial charge in [0.1, 0.15) is 20.2 Å². The van der Waals surface area contributed by atoms with Crippen LogP contribution in [0.15, 0.2) is 39.2 Å². The molecule has 1 N–H and O–H groups in total. The van der Waals surface area contributed by atoms with E-state index in [4.69, 9.17) is 0 Å². The van der Waals surface area contributed by atoms with E-state index in [0.29, 0.717) is 6.07 Å². The van der Waals surface area contributed by atoms with E-state index in [-0.39, 0.29) is 10.8 Å². The maximum absolute atomic E-state index is 11.0. The molecule has 0 heterocycles. The molecule has 11 heteroatoms. The highest BCUT2D eigenvalue weighted by atomic mass is 32.2. The molecule has 112 valence electrons. The Kier molecular flexibility index (Phi) is 3.45. The zero-order valence-corrected chi connectivity index (χ0v) is 11.5. The van der Waals surface area contributed by atoms with Crippen LogP contribution < -0.4 is 0 Å². The maximum Gasteiger partial charge on any atom is 0.163 e. The molecule has 0 saturated carbocycles. The molecular formula is C10H5NO8S2-2. The number of benzene rings is 2. The second kappa shape index (κ2) is 4.73. The Morgan fingerprint density at radius 3 is 2.10 bits per heavy atom. The van der Waals surface area contributed by atoms with Gasteiger partial charge in [-0.25, -0.2) is 16.8 Å². The highest BCUT2D eigenvalue weighted by Crippen LogP contribution is 2.40. The van der Waals surface area contributed by atoms with E-state index in [1.807, 2.05) is 0 Å². The quantitative estimate of drug-likeness (QED) is 0.635. The number of nitrogens with zero attached hydrogens (tertiary/aromatic N) is 1. The first-order valence-electron chi connectivity index (χ1n) is 5.10. The Balaban J connectivity index is 2.99. The SMILES string of the molecule is O=Nc1c(O)c(S(=O)(=O)[O-])cc2cc(S(=O)(=O)[O-])ccc12. The molecule has 0 aromatic heterocycles. The van der Waals surface area contributed by atoms with Gasteiger partial charge in [0.15, 0.2) is 11.4 Å². The van der Waals surface area contributed by atoms with E-state index in [1.54, 1.807) is 0 Å². The Morgan fingerprint density at radius 2 is 1.62 bits per heavy atom. The summed E-state index contributed by atoms with van der Waals surface area (Å²) in [7, 11) is -9.95. The molecule has 21 heavy (non-hydrogen) atoms. The number of fused-ring (bicyclic) bond motifs is 1. The molecule has 0 spiro atoms. The third kappa shape index (κ3) is 2.71. The Morgan fingerprint density at radius 1 is 1.00 bits per heavy atom. The lowest BCUT2D eigenvalue weighted by Gasteiger charge is -2.13. The van der Waals surface area contributed by atoms with Gasteiger partial charge in [-0.3, -0.25) is 0 Å². The summed E-state index contributed by atoms with van der Waals surface area (Å²) in [5, 5.41) is 11.7. The molecule has 0 fully saturated rings. The fourth-order valence-corrected chi connectivity index (χ4v) is 2.88. The Labute approximate surface area is 118 Å². The first-order valence-corrected chi connectivity index (χ1v) is 7.92. The van der Waals surface area contributed by atoms with Crippen LogP contribution in [0.5, 0.6) is 5.75 Å². The summed E-state index contributed by atoms with van der Waals surface area (Å²) < 4.78 is 65.8. The number of rotatable bonds is 3. The Bertz CT molecular complexity index is 962. The van der Waals surface area contributed by atoms with Gasteiger partial charge in [-0.1, -0.05) is 6.07 Å². The van der Waals surface area contributed by atoms with E-state index >= 15 is 0 Å². The van der Waals surface area contributed by atoms with Crippen LogP contribution in [-0.4, -0.2) is 31.0 Å². The number of phenolic OH excluding ortho intramolecular Hbond substituents is 1. The fourth-order valence-electron chi connectivity index (χ4n) is 1.77. The lowest BCUT2D eigenvalue weighted by atomic mass is 10.1. The number of nitroso groups, excluding NO2 is 1. The lowest BCUT2D eigenvalue weighted by Crippen LogP contribution is -2.01. The van der Waals surface area contributed by atoms with Crippen molar-refractivity contribution in [1.82, 2.24) is 0 Å². The van der Waals surface area contributed by atoms with Crippen molar-refractivity contribution in [3.8, 4) is 5.75 Å². The topological polar surface area (TPSA) is 164 Å². The van der Waals surface area contributed by atoms with E-state index < -0.39 is 41.5 Å². The molecule has 0 aliphatic heterocycles. The number of aromatic hydroxyl groups is 1. The first kappa shape index (κ1) is 15.3. The number of hydrogen-bond donors (Lipinski definition) is 1. The highest BCUT2D eigenvalue weighted by Gasteiger charge is 2.18. The second-order valence-corrected chi connectivity index (χ2v) is 6.68. The minimum Gasteiger partial charge on any atom is -0.744 e. The average molecular weight is 331 g/mol. The van der Waals surface area contributed by atoms with Gasteiger partial charge in [-0.05, 0) is 28.8 Å². The van der Waals surface area contributed by atoms with E-state index in [2.05, 4.69) is 5.18 Å². The van der Waals surface area contributed by atoms with E-state index in [1.165, 1.54) is 0 Å². The monoisotopic (exact) mass is 331 g/mol. The molecule has 0 bridgehead atoms. The second-order valence-electron chi connectivity index (χ2n) is 3.95. The van der Waals surface area contributed by atoms with Gasteiger partial charge in [-0.15, -0.1) is 4.91 Å². The third-order valence-electron chi connectivity index (χ3n) is 2.67. The van der Waals surface area contributed by atoms with Crippen LogP contribution in [0.4, 0.5) is 5.69 Å². The summed E-state index contributed by atoms with van der Waals surface area (Å²) in [5.41, 5.74) is -0.739. The molecular weight excluding hydrogens is 326 g/mol. The highest BCUT2D eigenvalue weighted by molar-refractivity contribution is 7.86. The van der Waals surface area contributed by atoms with Crippen LogP contribution in [0, 0.1) is 4.91 Å². The standard InChI is InChI=1S/C10H7NO8S2/c12-10-8(21(17,18)19)4-5-3-6(20(14,15)16)1-2-7(5)9(10)11-13/h1-4,12H,(H,14,15,16)(H,17,18,19)/p-2. The van der Waals surface area contributed by atoms with Crippen LogP contribution in [0.25, 0.3) is 10.8 Å². The minimum absolute atomic E-state index is 0.109. The van der Waals surface area contributed by atoms with Crippen molar-refractivity contribution >= 4 is 36.7 Å². The molecule has 0 aliphatic rings. The van der Waals surface area contributed by atoms with Crippen LogP contribution in [0.3, 0.4) is 0 Å². The van der Waals surface area contributed by atoms with Crippen molar-refractivity contribution in [3.05, 3.63) is 29.2 Å². The smallest absolute Gasteiger partial charge is 0.163 e. The van der Waals surface area contributed by atoms with Gasteiger partial charge in [0, 0.05) is 5.39 Å². The lowest BCUT2D eigenvalue weighted by molar-refractivity contribution is 0.437. The summed E-state index contributed by atoms with van der Waals surface area (Å²) >= 11 is 0. The van der Waals surface area contributed by atoms with Crippen LogP contribution >= 0.6 is 0 Å². The minimum atomic E-state index is -5.13. The first-order chi connectivity index (χ1) is 9.55. The Hall–Kier alpha value is -2.08. The van der Waals surface area contributed by atoms with Crippen LogP contribution in [-0.2, 0) is 20.2 Å². The van der Waals surface area contributed by atoms with Gasteiger partial charge in [-0.2, -0.15) is 0 Å². The molecule has 0 saturated heterocycles. The van der Waals surface area contributed by atoms with Crippen LogP contribution in [0.1, 0.15) is 0 Å². The van der Waals surface area contributed by atoms with Crippen molar-refractivity contribution < 1.29 is 31.0 Å². The van der Waals surface area contributed by atoms with Crippen molar-refractivity contribution in [2.75, 3.05) is 0 Å². The van der Waals surface area contributed by atoms with Crippen LogP contribution in [0.2, 0.25) is 0 Å². The summed E-state index contributed by atoms with van der Waals surface area (Å²) in [6.07, 6.45) is 0. The molecule has 2 rings (SSSR count). The fraction of sp³-hybridized carbons (Fsp3) is 0. The zero-order valence-electron chi connectivity index (χ0n) is 9.88. The van der Waals surface area contributed by atoms with Gasteiger partial charge in [0.25, 0.3) is 0 Å². The molecule has 9 nitrogen and oxygen atoms in total. The molecule has 2 aromatic carbocycles. The molecule has 0 amide bonds. The van der Waals surface area contributed by atoms with Gasteiger partial charge >= 0.3 is 0 Å². The molecule has 0 aliphatic carbocycles. The van der Waals surface area contributed by atoms with E-state index in [0.717, 1.165) is 18.2 Å². The average Bonchev–Trinajstić information content (AvgIpc) is 2.35. The van der Waals surface area contributed by atoms with Gasteiger partial charge in [0.05, 0.1) is 9.79 Å². The van der Waals surface area contributed by atoms with Gasteiger partial charge in [0.2, 0.25) is 0 Å². The normalized spacial score (nSPS) is 12.5. The summed E-state index contributed by atoms with van der Waals surface area (Å²) in [6, 6.07) is 3.30. The van der Waals surface area contributed by atoms with Crippen molar-refractivity contribution in [1.29, 1.82) is 0 Å². The van der Waals surface area contributed by atoms with Crippen molar-refractivity contribution in [3.63, 3.8) is 0 Å². The van der Waals surface area contributed by atoms with Crippen molar-refractivity contribution in [2.24, 2.45) is 5.18 Å². The zero-order chi connectivity index (χ0) is 16.0. The molecule has 2 aromatic rings. The summed E-state index contributed by atoms with van der Waals surface area (Å²) in [6.45, 7) is 0. The third-order valence-corrected chi connectivity index (χ3v) is 4.35. The predicted molar refractivity (Wildman–Crippen MR) is 67.0 cm³/mol. The molecule has 0 radical (unpaired) electrons. The number of phenols is 1. The number of hydrogen-bond acceptors (Lipinski definition) is 9. The maximum atomic E-state index is 11.0. The summed E-state index contributed by atoms with van der Waals surface area (Å²) in [5.74, 6) is -1.13.